The molecule has 1 atom stereocenters. The van der Waals surface area contributed by atoms with Gasteiger partial charge in [-0.1, -0.05) is 106 Å². The highest BCUT2D eigenvalue weighted by molar-refractivity contribution is 7.14. The minimum absolute atomic E-state index is 0.0421. The Labute approximate surface area is 255 Å². The summed E-state index contributed by atoms with van der Waals surface area (Å²) in [4.78, 5) is 43.4. The molecule has 4 aromatic carbocycles. The molecule has 216 valence electrons. The molecule has 0 aliphatic rings. The lowest BCUT2D eigenvalue weighted by molar-refractivity contribution is -0.118. The molecule has 0 saturated heterocycles. The quantitative estimate of drug-likeness (QED) is 0.192. The van der Waals surface area contributed by atoms with Crippen LogP contribution in [0.1, 0.15) is 65.6 Å². The van der Waals surface area contributed by atoms with Crippen molar-refractivity contribution in [1.29, 1.82) is 0 Å². The van der Waals surface area contributed by atoms with Gasteiger partial charge in [0, 0.05) is 22.1 Å². The predicted octanol–water partition coefficient (Wildman–Crippen LogP) is 8.09. The van der Waals surface area contributed by atoms with Gasteiger partial charge < -0.3 is 5.32 Å². The number of benzene rings is 4. The van der Waals surface area contributed by atoms with Crippen molar-refractivity contribution in [2.75, 3.05) is 5.32 Å². The first kappa shape index (κ1) is 29.6. The van der Waals surface area contributed by atoms with Crippen molar-refractivity contribution in [3.8, 4) is 22.4 Å². The Morgan fingerprint density at radius 3 is 2.16 bits per heavy atom. The fourth-order valence-electron chi connectivity index (χ4n) is 4.81. The number of aromatic nitrogens is 1. The molecule has 5 aromatic rings. The Balaban J connectivity index is 1.32. The Bertz CT molecular complexity index is 1770. The molecule has 0 aliphatic carbocycles. The van der Waals surface area contributed by atoms with E-state index in [0.717, 1.165) is 22.3 Å². The number of Topliss-reactive ketones (excluding diaryl/α,β-unsaturated/α-hetero) is 1. The zero-order chi connectivity index (χ0) is 30.6. The minimum atomic E-state index is -0.738. The van der Waals surface area contributed by atoms with Crippen LogP contribution < -0.4 is 10.6 Å². The second-order valence-corrected chi connectivity index (χ2v) is 12.2. The summed E-state index contributed by atoms with van der Waals surface area (Å²) >= 11 is 1.31. The first-order chi connectivity index (χ1) is 20.6. The van der Waals surface area contributed by atoms with Crippen molar-refractivity contribution in [2.45, 2.75) is 39.2 Å². The lowest BCUT2D eigenvalue weighted by atomic mass is 9.86. The van der Waals surface area contributed by atoms with E-state index in [1.807, 2.05) is 66.0 Å². The molecule has 6 nitrogen and oxygen atoms in total. The molecule has 0 bridgehead atoms. The zero-order valence-corrected chi connectivity index (χ0v) is 25.4. The van der Waals surface area contributed by atoms with Gasteiger partial charge in [-0.2, -0.15) is 0 Å². The summed E-state index contributed by atoms with van der Waals surface area (Å²) in [6.45, 7) is 7.98. The maximum Gasteiger partial charge on any atom is 0.258 e. The average Bonchev–Trinajstić information content (AvgIpc) is 3.48. The highest BCUT2D eigenvalue weighted by atomic mass is 32.1. The standard InChI is InChI=1S/C36H33N3O3S/c1-23(40)32(25-11-6-5-7-12-25)38-33(41)27-14-10-13-26(21-27)31-22-43-35(37-31)39-34(42)30-16-9-8-15-29(30)24-17-19-28(20-18-24)36(2,3)4/h5-22,32H,1-4H3,(H,38,41)(H,37,39,42)/t32-/m1/s1. The SMILES string of the molecule is CC(=O)[C@@H](NC(=O)c1cccc(-c2csc(NC(=O)c3ccccc3-c3ccc(C(C)(C)C)cc3)n2)c1)c1ccccc1. The second-order valence-electron chi connectivity index (χ2n) is 11.4. The van der Waals surface area contributed by atoms with Crippen LogP contribution in [0.15, 0.2) is 109 Å². The molecule has 1 aromatic heterocycles. The van der Waals surface area contributed by atoms with Crippen LogP contribution in [0.4, 0.5) is 5.13 Å². The second kappa shape index (κ2) is 12.5. The fourth-order valence-corrected chi connectivity index (χ4v) is 5.52. The van der Waals surface area contributed by atoms with E-state index in [2.05, 4.69) is 60.7 Å². The van der Waals surface area contributed by atoms with Gasteiger partial charge in [0.2, 0.25) is 0 Å². The van der Waals surface area contributed by atoms with Crippen molar-refractivity contribution >= 4 is 34.1 Å². The Morgan fingerprint density at radius 1 is 0.767 bits per heavy atom. The topological polar surface area (TPSA) is 88.2 Å². The number of thiazole rings is 1. The monoisotopic (exact) mass is 587 g/mol. The molecule has 2 amide bonds. The van der Waals surface area contributed by atoms with E-state index in [1.165, 1.54) is 23.8 Å². The van der Waals surface area contributed by atoms with E-state index in [1.54, 1.807) is 18.2 Å². The van der Waals surface area contributed by atoms with Crippen LogP contribution in [0.5, 0.6) is 0 Å². The van der Waals surface area contributed by atoms with Crippen LogP contribution >= 0.6 is 11.3 Å². The summed E-state index contributed by atoms with van der Waals surface area (Å²) in [5.41, 5.74) is 6.12. The van der Waals surface area contributed by atoms with Gasteiger partial charge in [0.1, 0.15) is 6.04 Å². The fraction of sp³-hybridized carbons (Fsp3) is 0.167. The summed E-state index contributed by atoms with van der Waals surface area (Å²) in [7, 11) is 0. The highest BCUT2D eigenvalue weighted by Gasteiger charge is 2.21. The van der Waals surface area contributed by atoms with Gasteiger partial charge in [-0.25, -0.2) is 4.98 Å². The number of hydrogen-bond acceptors (Lipinski definition) is 5. The van der Waals surface area contributed by atoms with Crippen molar-refractivity contribution in [3.05, 3.63) is 131 Å². The van der Waals surface area contributed by atoms with Gasteiger partial charge in [-0.3, -0.25) is 19.7 Å². The molecule has 0 unspecified atom stereocenters. The van der Waals surface area contributed by atoms with Crippen molar-refractivity contribution in [3.63, 3.8) is 0 Å². The molecule has 5 rings (SSSR count). The molecular formula is C36H33N3O3S. The van der Waals surface area contributed by atoms with Crippen molar-refractivity contribution < 1.29 is 14.4 Å². The Kier molecular flexibility index (Phi) is 8.64. The molecule has 0 saturated carbocycles. The summed E-state index contributed by atoms with van der Waals surface area (Å²) < 4.78 is 0. The Morgan fingerprint density at radius 2 is 1.47 bits per heavy atom. The van der Waals surface area contributed by atoms with Gasteiger partial charge in [-0.15, -0.1) is 11.3 Å². The number of rotatable bonds is 8. The first-order valence-corrected chi connectivity index (χ1v) is 14.9. The summed E-state index contributed by atoms with van der Waals surface area (Å²) in [6, 6.07) is 31.3. The number of amides is 2. The third kappa shape index (κ3) is 6.96. The number of ketones is 1. The number of nitrogens with zero attached hydrogens (tertiary/aromatic N) is 1. The van der Waals surface area contributed by atoms with E-state index in [9.17, 15) is 14.4 Å². The van der Waals surface area contributed by atoms with E-state index >= 15 is 0 Å². The number of nitrogens with one attached hydrogen (secondary N) is 2. The van der Waals surface area contributed by atoms with Crippen LogP contribution in [0.3, 0.4) is 0 Å². The van der Waals surface area contributed by atoms with Crippen molar-refractivity contribution in [1.82, 2.24) is 10.3 Å². The third-order valence-corrected chi connectivity index (χ3v) is 7.95. The van der Waals surface area contributed by atoms with E-state index in [4.69, 9.17) is 0 Å². The van der Waals surface area contributed by atoms with Crippen LogP contribution in [0, 0.1) is 0 Å². The summed E-state index contributed by atoms with van der Waals surface area (Å²) in [5, 5.41) is 8.07. The van der Waals surface area contributed by atoms with Crippen molar-refractivity contribution in [2.24, 2.45) is 0 Å². The zero-order valence-electron chi connectivity index (χ0n) is 24.5. The van der Waals surface area contributed by atoms with E-state index < -0.39 is 6.04 Å². The third-order valence-electron chi connectivity index (χ3n) is 7.19. The molecular weight excluding hydrogens is 554 g/mol. The molecule has 43 heavy (non-hydrogen) atoms. The predicted molar refractivity (Wildman–Crippen MR) is 173 cm³/mol. The molecule has 0 aliphatic heterocycles. The van der Waals surface area contributed by atoms with Gasteiger partial charge in [0.15, 0.2) is 10.9 Å². The van der Waals surface area contributed by atoms with E-state index in [-0.39, 0.29) is 23.0 Å². The number of carbonyl (C=O) groups excluding carboxylic acids is 3. The average molecular weight is 588 g/mol. The first-order valence-electron chi connectivity index (χ1n) is 14.0. The number of carbonyl (C=O) groups is 3. The molecule has 0 fully saturated rings. The summed E-state index contributed by atoms with van der Waals surface area (Å²) in [5.74, 6) is -0.762. The van der Waals surface area contributed by atoms with Crippen LogP contribution in [0.2, 0.25) is 0 Å². The highest BCUT2D eigenvalue weighted by Crippen LogP contribution is 2.30. The smallest absolute Gasteiger partial charge is 0.258 e. The minimum Gasteiger partial charge on any atom is -0.338 e. The maximum atomic E-state index is 13.4. The lowest BCUT2D eigenvalue weighted by Crippen LogP contribution is -2.32. The maximum absolute atomic E-state index is 13.4. The van der Waals surface area contributed by atoms with E-state index in [0.29, 0.717) is 22.0 Å². The molecule has 7 heteroatoms. The molecule has 1 heterocycles. The molecule has 2 N–H and O–H groups in total. The van der Waals surface area contributed by atoms with Crippen LogP contribution in [0.25, 0.3) is 22.4 Å². The number of hydrogen-bond donors (Lipinski definition) is 2. The van der Waals surface area contributed by atoms with Crippen LogP contribution in [-0.2, 0) is 10.2 Å². The normalized spacial score (nSPS) is 11.9. The molecule has 0 radical (unpaired) electrons. The molecule has 0 spiro atoms. The van der Waals surface area contributed by atoms with Gasteiger partial charge in [0.05, 0.1) is 5.69 Å². The summed E-state index contributed by atoms with van der Waals surface area (Å²) in [6.07, 6.45) is 0. The largest absolute Gasteiger partial charge is 0.338 e. The van der Waals surface area contributed by atoms with Crippen LogP contribution in [-0.4, -0.2) is 22.6 Å². The van der Waals surface area contributed by atoms with Gasteiger partial charge in [-0.05, 0) is 52.8 Å². The Hall–Kier alpha value is -4.88. The number of anilines is 1. The van der Waals surface area contributed by atoms with Gasteiger partial charge in [0.25, 0.3) is 11.8 Å². The lowest BCUT2D eigenvalue weighted by Gasteiger charge is -2.19. The van der Waals surface area contributed by atoms with Gasteiger partial charge >= 0.3 is 0 Å².